The summed E-state index contributed by atoms with van der Waals surface area (Å²) in [7, 11) is 1.58. The topological polar surface area (TPSA) is 78.5 Å². The number of fused-ring (bicyclic) bond motifs is 1. The van der Waals surface area contributed by atoms with Gasteiger partial charge in [-0.3, -0.25) is 0 Å². The number of hydrogen-bond acceptors (Lipinski definition) is 3. The molecule has 0 radical (unpaired) electrons. The molecule has 0 atom stereocenters. The van der Waals surface area contributed by atoms with Gasteiger partial charge in [-0.1, -0.05) is 29.8 Å². The maximum Gasteiger partial charge on any atom is 0.339 e. The summed E-state index contributed by atoms with van der Waals surface area (Å²) < 4.78 is 5.06. The monoisotopic (exact) mass is 342 g/mol. The van der Waals surface area contributed by atoms with E-state index in [1.54, 1.807) is 31.4 Å². The number of carbonyl (C=O) groups is 1. The van der Waals surface area contributed by atoms with Crippen molar-refractivity contribution >= 4 is 40.4 Å². The van der Waals surface area contributed by atoms with Gasteiger partial charge in [0.1, 0.15) is 10.9 Å². The molecule has 0 aliphatic heterocycles. The summed E-state index contributed by atoms with van der Waals surface area (Å²) in [6.45, 7) is 0. The van der Waals surface area contributed by atoms with Gasteiger partial charge in [0, 0.05) is 22.2 Å². The van der Waals surface area contributed by atoms with Crippen LogP contribution < -0.4 is 15.5 Å². The molecule has 0 unspecified atom stereocenters. The number of methoxy groups -OCH3 is 1. The summed E-state index contributed by atoms with van der Waals surface area (Å²) in [6.07, 6.45) is 1.51. The second-order valence-corrected chi connectivity index (χ2v) is 5.33. The Hall–Kier alpha value is -2.99. The molecule has 3 N–H and O–H groups in total. The molecule has 3 rings (SSSR count). The summed E-state index contributed by atoms with van der Waals surface area (Å²) in [5.41, 5.74) is 4.67. The van der Waals surface area contributed by atoms with E-state index in [4.69, 9.17) is 16.3 Å². The van der Waals surface area contributed by atoms with Crippen molar-refractivity contribution in [3.8, 4) is 5.75 Å². The lowest BCUT2D eigenvalue weighted by molar-refractivity contribution is 0.252. The van der Waals surface area contributed by atoms with Gasteiger partial charge < -0.3 is 15.0 Å². The lowest BCUT2D eigenvalue weighted by atomic mass is 10.2. The highest BCUT2D eigenvalue weighted by Crippen LogP contribution is 2.24. The van der Waals surface area contributed by atoms with E-state index < -0.39 is 6.03 Å². The average Bonchev–Trinajstić information content (AvgIpc) is 2.91. The predicted octanol–water partition coefficient (Wildman–Crippen LogP) is 3.99. The highest BCUT2D eigenvalue weighted by Gasteiger charge is 2.07. The molecule has 6 nitrogen and oxygen atoms in total. The van der Waals surface area contributed by atoms with Gasteiger partial charge in [0.15, 0.2) is 0 Å². The zero-order valence-electron chi connectivity index (χ0n) is 12.8. The maximum absolute atomic E-state index is 11.8. The van der Waals surface area contributed by atoms with Crippen LogP contribution in [0.4, 0.5) is 10.5 Å². The molecule has 2 amide bonds. The number of aromatic nitrogens is 1. The quantitative estimate of drug-likeness (QED) is 0.495. The van der Waals surface area contributed by atoms with Crippen LogP contribution in [0.3, 0.4) is 0 Å². The van der Waals surface area contributed by atoms with Crippen LogP contribution in [0.2, 0.25) is 5.15 Å². The number of hydrogen-bond donors (Lipinski definition) is 3. The van der Waals surface area contributed by atoms with Gasteiger partial charge in [0.25, 0.3) is 0 Å². The highest BCUT2D eigenvalue weighted by molar-refractivity contribution is 6.34. The number of ether oxygens (including phenoxy) is 1. The summed E-state index contributed by atoms with van der Waals surface area (Å²) in [5.74, 6) is 0.716. The summed E-state index contributed by atoms with van der Waals surface area (Å²) >= 11 is 6.15. The summed E-state index contributed by atoms with van der Waals surface area (Å²) in [6, 6.07) is 14.2. The van der Waals surface area contributed by atoms with Gasteiger partial charge >= 0.3 is 6.03 Å². The molecule has 0 fully saturated rings. The molecule has 7 heteroatoms. The maximum atomic E-state index is 11.8. The van der Waals surface area contributed by atoms with Crippen molar-refractivity contribution in [1.29, 1.82) is 0 Å². The molecular formula is C17H15ClN4O2. The van der Waals surface area contributed by atoms with Gasteiger partial charge in [-0.25, -0.2) is 10.2 Å². The van der Waals surface area contributed by atoms with Crippen molar-refractivity contribution in [3.63, 3.8) is 0 Å². The number of anilines is 1. The number of halogens is 1. The van der Waals surface area contributed by atoms with Crippen LogP contribution in [0.25, 0.3) is 10.9 Å². The molecule has 1 heterocycles. The highest BCUT2D eigenvalue weighted by atomic mass is 35.5. The number of carbonyl (C=O) groups excluding carboxylic acids is 1. The number of urea groups is 1. The fraction of sp³-hybridized carbons (Fsp3) is 0.0588. The SMILES string of the molecule is COc1ccc(NC(=O)NN=Cc2c(Cl)[nH]c3ccccc23)cc1. The second-order valence-electron chi connectivity index (χ2n) is 4.95. The molecule has 3 aromatic rings. The molecule has 0 aliphatic carbocycles. The van der Waals surface area contributed by atoms with E-state index in [1.165, 1.54) is 6.21 Å². The second kappa shape index (κ2) is 7.06. The average molecular weight is 343 g/mol. The number of para-hydroxylation sites is 1. The van der Waals surface area contributed by atoms with E-state index >= 15 is 0 Å². The number of amides is 2. The largest absolute Gasteiger partial charge is 0.497 e. The van der Waals surface area contributed by atoms with Crippen molar-refractivity contribution in [2.75, 3.05) is 12.4 Å². The minimum atomic E-state index is -0.451. The predicted molar refractivity (Wildman–Crippen MR) is 96.1 cm³/mol. The number of rotatable bonds is 4. The first kappa shape index (κ1) is 15.9. The van der Waals surface area contributed by atoms with E-state index in [0.29, 0.717) is 16.6 Å². The fourth-order valence-corrected chi connectivity index (χ4v) is 2.50. The van der Waals surface area contributed by atoms with Gasteiger partial charge in [-0.15, -0.1) is 0 Å². The van der Waals surface area contributed by atoms with E-state index in [2.05, 4.69) is 20.8 Å². The molecule has 2 aromatic carbocycles. The van der Waals surface area contributed by atoms with Crippen molar-refractivity contribution < 1.29 is 9.53 Å². The molecule has 24 heavy (non-hydrogen) atoms. The standard InChI is InChI=1S/C17H15ClN4O2/c1-24-12-8-6-11(7-9-12)20-17(23)22-19-10-14-13-4-2-3-5-15(13)21-16(14)18/h2-10,21H,1H3,(H2,20,22,23). The molecule has 0 aliphatic rings. The molecule has 1 aromatic heterocycles. The number of nitrogens with zero attached hydrogens (tertiary/aromatic N) is 1. The van der Waals surface area contributed by atoms with E-state index in [1.807, 2.05) is 24.3 Å². The number of benzene rings is 2. The molecule has 0 saturated heterocycles. The van der Waals surface area contributed by atoms with Crippen LogP contribution in [0.5, 0.6) is 5.75 Å². The van der Waals surface area contributed by atoms with Gasteiger partial charge in [-0.2, -0.15) is 5.10 Å². The van der Waals surface area contributed by atoms with Gasteiger partial charge in [0.2, 0.25) is 0 Å². The normalized spacial score (nSPS) is 10.9. The van der Waals surface area contributed by atoms with Crippen LogP contribution in [-0.4, -0.2) is 24.3 Å². The molecule has 122 valence electrons. The zero-order valence-corrected chi connectivity index (χ0v) is 13.6. The molecule has 0 spiro atoms. The first-order chi connectivity index (χ1) is 11.7. The lowest BCUT2D eigenvalue weighted by Gasteiger charge is -2.05. The molecular weight excluding hydrogens is 328 g/mol. The summed E-state index contributed by atoms with van der Waals surface area (Å²) in [4.78, 5) is 14.9. The Morgan fingerprint density at radius 1 is 1.21 bits per heavy atom. The molecule has 0 saturated carbocycles. The third kappa shape index (κ3) is 3.49. The fourth-order valence-electron chi connectivity index (χ4n) is 2.25. The van der Waals surface area contributed by atoms with Crippen molar-refractivity contribution in [2.24, 2.45) is 5.10 Å². The number of hydrazone groups is 1. The van der Waals surface area contributed by atoms with Gasteiger partial charge in [0.05, 0.1) is 13.3 Å². The smallest absolute Gasteiger partial charge is 0.339 e. The van der Waals surface area contributed by atoms with Crippen LogP contribution in [0.15, 0.2) is 53.6 Å². The van der Waals surface area contributed by atoms with Crippen molar-refractivity contribution in [1.82, 2.24) is 10.4 Å². The first-order valence-corrected chi connectivity index (χ1v) is 7.55. The van der Waals surface area contributed by atoms with E-state index in [-0.39, 0.29) is 0 Å². The van der Waals surface area contributed by atoms with Crippen LogP contribution >= 0.6 is 11.6 Å². The minimum absolute atomic E-state index is 0.451. The van der Waals surface area contributed by atoms with Crippen molar-refractivity contribution in [3.05, 3.63) is 59.2 Å². The number of nitrogens with one attached hydrogen (secondary N) is 3. The Kier molecular flexibility index (Phi) is 4.67. The summed E-state index contributed by atoms with van der Waals surface area (Å²) in [5, 5.41) is 8.01. The Labute approximate surface area is 143 Å². The Morgan fingerprint density at radius 2 is 1.96 bits per heavy atom. The van der Waals surface area contributed by atoms with E-state index in [9.17, 15) is 4.79 Å². The third-order valence-electron chi connectivity index (χ3n) is 3.41. The number of H-pyrrole nitrogens is 1. The molecule has 0 bridgehead atoms. The lowest BCUT2D eigenvalue weighted by Crippen LogP contribution is -2.24. The Bertz CT molecular complexity index is 887. The Balaban J connectivity index is 1.64. The zero-order chi connectivity index (χ0) is 16.9. The third-order valence-corrected chi connectivity index (χ3v) is 3.70. The van der Waals surface area contributed by atoms with Crippen LogP contribution in [0.1, 0.15) is 5.56 Å². The van der Waals surface area contributed by atoms with Crippen molar-refractivity contribution in [2.45, 2.75) is 0 Å². The number of aromatic amines is 1. The Morgan fingerprint density at radius 3 is 2.71 bits per heavy atom. The van der Waals surface area contributed by atoms with Gasteiger partial charge in [-0.05, 0) is 30.3 Å². The van der Waals surface area contributed by atoms with Crippen LogP contribution in [-0.2, 0) is 0 Å². The van der Waals surface area contributed by atoms with E-state index in [0.717, 1.165) is 16.5 Å². The van der Waals surface area contributed by atoms with Crippen LogP contribution in [0, 0.1) is 0 Å². The first-order valence-electron chi connectivity index (χ1n) is 7.17. The minimum Gasteiger partial charge on any atom is -0.497 e.